The number of esters is 1. The molecule has 0 aromatic carbocycles. The van der Waals surface area contributed by atoms with E-state index in [0.717, 1.165) is 58.0 Å². The van der Waals surface area contributed by atoms with E-state index < -0.39 is 11.6 Å². The predicted octanol–water partition coefficient (Wildman–Crippen LogP) is 3.96. The second-order valence-corrected chi connectivity index (χ2v) is 7.53. The lowest BCUT2D eigenvalue weighted by Gasteiger charge is -2.42. The van der Waals surface area contributed by atoms with Crippen LogP contribution in [0.25, 0.3) is 0 Å². The van der Waals surface area contributed by atoms with Crippen LogP contribution in [0.4, 0.5) is 0 Å². The van der Waals surface area contributed by atoms with Crippen LogP contribution < -0.4 is 0 Å². The Balaban J connectivity index is 0.00000364. The van der Waals surface area contributed by atoms with Crippen molar-refractivity contribution in [3.05, 3.63) is 12.2 Å². The molecule has 5 heteroatoms. The molecule has 1 N–H and O–H groups in total. The number of ether oxygens (including phenoxy) is 1. The van der Waals surface area contributed by atoms with E-state index in [2.05, 4.69) is 42.7 Å². The van der Waals surface area contributed by atoms with Crippen molar-refractivity contribution in [3.8, 4) is 11.8 Å². The fourth-order valence-corrected chi connectivity index (χ4v) is 4.29. The van der Waals surface area contributed by atoms with Crippen LogP contribution in [0.1, 0.15) is 65.2 Å². The lowest BCUT2D eigenvalue weighted by molar-refractivity contribution is -0.181. The molecule has 2 rings (SSSR count). The van der Waals surface area contributed by atoms with Gasteiger partial charge in [0.25, 0.3) is 0 Å². The third kappa shape index (κ3) is 6.52. The zero-order valence-electron chi connectivity index (χ0n) is 16.9. The summed E-state index contributed by atoms with van der Waals surface area (Å²) in [5.41, 5.74) is -1.36. The molecule has 0 bridgehead atoms. The summed E-state index contributed by atoms with van der Waals surface area (Å²) >= 11 is 0. The highest BCUT2D eigenvalue weighted by Gasteiger charge is 2.50. The molecule has 27 heavy (non-hydrogen) atoms. The van der Waals surface area contributed by atoms with Crippen LogP contribution in [-0.2, 0) is 9.53 Å². The van der Waals surface area contributed by atoms with Gasteiger partial charge in [0, 0.05) is 5.92 Å². The summed E-state index contributed by atoms with van der Waals surface area (Å²) in [7, 11) is 0. The summed E-state index contributed by atoms with van der Waals surface area (Å²) in [4.78, 5) is 15.1. The summed E-state index contributed by atoms with van der Waals surface area (Å²) < 4.78 is 5.46. The van der Waals surface area contributed by atoms with Gasteiger partial charge in [0.1, 0.15) is 0 Å². The summed E-state index contributed by atoms with van der Waals surface area (Å²) in [6.07, 6.45) is 12.0. The SMILES string of the molecule is CCN(CC)CC#CCOC(=O)C(O)(C1CC=CCC1)C1CCCCC1.Cl. The van der Waals surface area contributed by atoms with E-state index in [1.807, 2.05) is 0 Å². The van der Waals surface area contributed by atoms with Gasteiger partial charge in [0.15, 0.2) is 12.2 Å². The first-order valence-corrected chi connectivity index (χ1v) is 10.4. The number of halogens is 1. The van der Waals surface area contributed by atoms with Crippen molar-refractivity contribution >= 4 is 18.4 Å². The maximum absolute atomic E-state index is 12.9. The molecule has 2 unspecified atom stereocenters. The number of nitrogens with zero attached hydrogens (tertiary/aromatic N) is 1. The van der Waals surface area contributed by atoms with Crippen molar-refractivity contribution in [2.45, 2.75) is 70.8 Å². The highest BCUT2D eigenvalue weighted by Crippen LogP contribution is 2.42. The van der Waals surface area contributed by atoms with E-state index in [4.69, 9.17) is 4.74 Å². The first-order valence-electron chi connectivity index (χ1n) is 10.4. The van der Waals surface area contributed by atoms with Gasteiger partial charge in [-0.2, -0.15) is 0 Å². The maximum Gasteiger partial charge on any atom is 0.339 e. The predicted molar refractivity (Wildman–Crippen MR) is 112 cm³/mol. The van der Waals surface area contributed by atoms with Crippen molar-refractivity contribution in [1.29, 1.82) is 0 Å². The number of rotatable bonds is 7. The standard InChI is InChI=1S/C22H35NO3.ClH/c1-3-23(4-2)17-11-12-18-26-21(24)22(25,19-13-7-5-8-14-19)20-15-9-6-10-16-20;/h5,7,19-20,25H,3-4,6,8-10,13-18H2,1-2H3;1H. The summed E-state index contributed by atoms with van der Waals surface area (Å²) in [6.45, 7) is 6.88. The minimum Gasteiger partial charge on any atom is -0.450 e. The van der Waals surface area contributed by atoms with Gasteiger partial charge in [0.05, 0.1) is 6.54 Å². The van der Waals surface area contributed by atoms with Crippen molar-refractivity contribution in [3.63, 3.8) is 0 Å². The molecule has 0 amide bonds. The fourth-order valence-electron chi connectivity index (χ4n) is 4.29. The molecule has 0 spiro atoms. The number of hydrogen-bond donors (Lipinski definition) is 1. The number of allylic oxidation sites excluding steroid dienone is 2. The molecule has 0 heterocycles. The van der Waals surface area contributed by atoms with E-state index in [1.165, 1.54) is 6.42 Å². The third-order valence-corrected chi connectivity index (χ3v) is 6.04. The zero-order chi connectivity index (χ0) is 18.8. The highest BCUT2D eigenvalue weighted by atomic mass is 35.5. The van der Waals surface area contributed by atoms with Crippen molar-refractivity contribution < 1.29 is 14.6 Å². The molecule has 0 radical (unpaired) electrons. The second-order valence-electron chi connectivity index (χ2n) is 7.53. The van der Waals surface area contributed by atoms with E-state index in [-0.39, 0.29) is 30.8 Å². The molecule has 4 nitrogen and oxygen atoms in total. The minimum atomic E-state index is -1.36. The zero-order valence-corrected chi connectivity index (χ0v) is 17.7. The average molecular weight is 398 g/mol. The second kappa shape index (κ2) is 12.4. The van der Waals surface area contributed by atoms with Crippen LogP contribution in [0.15, 0.2) is 12.2 Å². The number of carbonyl (C=O) groups is 1. The third-order valence-electron chi connectivity index (χ3n) is 6.04. The molecule has 1 saturated carbocycles. The topological polar surface area (TPSA) is 49.8 Å². The van der Waals surface area contributed by atoms with Crippen LogP contribution >= 0.6 is 12.4 Å². The molecule has 2 aliphatic rings. The molecule has 2 aliphatic carbocycles. The number of hydrogen-bond acceptors (Lipinski definition) is 4. The van der Waals surface area contributed by atoms with Crippen molar-refractivity contribution in [2.75, 3.05) is 26.2 Å². The van der Waals surface area contributed by atoms with Gasteiger partial charge in [-0.1, -0.05) is 57.1 Å². The molecular formula is C22H36ClNO3. The van der Waals surface area contributed by atoms with Crippen LogP contribution in [0, 0.1) is 23.7 Å². The Morgan fingerprint density at radius 2 is 1.81 bits per heavy atom. The van der Waals surface area contributed by atoms with Gasteiger partial charge >= 0.3 is 5.97 Å². The lowest BCUT2D eigenvalue weighted by atomic mass is 9.67. The monoisotopic (exact) mass is 397 g/mol. The quantitative estimate of drug-likeness (QED) is 0.401. The van der Waals surface area contributed by atoms with E-state index in [0.29, 0.717) is 6.54 Å². The van der Waals surface area contributed by atoms with Crippen LogP contribution in [-0.4, -0.2) is 47.8 Å². The Bertz CT molecular complexity index is 529. The summed E-state index contributed by atoms with van der Waals surface area (Å²) in [6, 6.07) is 0. The summed E-state index contributed by atoms with van der Waals surface area (Å²) in [5.74, 6) is 5.52. The van der Waals surface area contributed by atoms with Gasteiger partial charge < -0.3 is 9.84 Å². The Labute approximate surface area is 171 Å². The van der Waals surface area contributed by atoms with Crippen molar-refractivity contribution in [2.24, 2.45) is 11.8 Å². The highest BCUT2D eigenvalue weighted by molar-refractivity contribution is 5.85. The molecule has 0 aliphatic heterocycles. The normalized spacial score (nSPS) is 22.3. The van der Waals surface area contributed by atoms with E-state index >= 15 is 0 Å². The van der Waals surface area contributed by atoms with Gasteiger partial charge in [-0.05, 0) is 51.1 Å². The van der Waals surface area contributed by atoms with Crippen LogP contribution in [0.3, 0.4) is 0 Å². The minimum absolute atomic E-state index is 0. The molecule has 0 aromatic rings. The maximum atomic E-state index is 12.9. The Morgan fingerprint density at radius 3 is 2.41 bits per heavy atom. The largest absolute Gasteiger partial charge is 0.450 e. The van der Waals surface area contributed by atoms with Crippen molar-refractivity contribution in [1.82, 2.24) is 4.90 Å². The fraction of sp³-hybridized carbons (Fsp3) is 0.773. The molecular weight excluding hydrogens is 362 g/mol. The Kier molecular flexibility index (Phi) is 11.1. The Hall–Kier alpha value is -1.02. The molecule has 0 aromatic heterocycles. The molecule has 1 fully saturated rings. The number of aliphatic hydroxyl groups is 1. The lowest BCUT2D eigenvalue weighted by Crippen LogP contribution is -2.53. The average Bonchev–Trinajstić information content (AvgIpc) is 2.71. The summed E-state index contributed by atoms with van der Waals surface area (Å²) in [5, 5.41) is 11.5. The van der Waals surface area contributed by atoms with Crippen LogP contribution in [0.2, 0.25) is 0 Å². The van der Waals surface area contributed by atoms with Gasteiger partial charge in [-0.3, -0.25) is 4.90 Å². The molecule has 154 valence electrons. The van der Waals surface area contributed by atoms with Gasteiger partial charge in [-0.15, -0.1) is 12.4 Å². The smallest absolute Gasteiger partial charge is 0.339 e. The Morgan fingerprint density at radius 1 is 1.11 bits per heavy atom. The van der Waals surface area contributed by atoms with Crippen LogP contribution in [0.5, 0.6) is 0 Å². The van der Waals surface area contributed by atoms with E-state index in [1.54, 1.807) is 0 Å². The van der Waals surface area contributed by atoms with Gasteiger partial charge in [-0.25, -0.2) is 4.79 Å². The number of carbonyl (C=O) groups excluding carboxylic acids is 1. The van der Waals surface area contributed by atoms with Gasteiger partial charge in [0.2, 0.25) is 0 Å². The molecule has 2 atom stereocenters. The van der Waals surface area contributed by atoms with E-state index in [9.17, 15) is 9.90 Å². The first-order chi connectivity index (χ1) is 12.6. The first kappa shape index (κ1) is 24.0. The molecule has 0 saturated heterocycles.